The molecule has 1 heterocycles. The quantitative estimate of drug-likeness (QED) is 0.220. The van der Waals surface area contributed by atoms with Crippen molar-refractivity contribution in [3.8, 4) is 5.75 Å². The summed E-state index contributed by atoms with van der Waals surface area (Å²) >= 11 is 0. The second kappa shape index (κ2) is 15.1. The van der Waals surface area contributed by atoms with E-state index in [1.807, 2.05) is 25.1 Å². The van der Waals surface area contributed by atoms with Crippen LogP contribution in [0.3, 0.4) is 0 Å². The van der Waals surface area contributed by atoms with Crippen molar-refractivity contribution in [2.75, 3.05) is 47.1 Å². The van der Waals surface area contributed by atoms with Crippen LogP contribution in [0.5, 0.6) is 5.75 Å². The lowest BCUT2D eigenvalue weighted by atomic mass is 10.1. The van der Waals surface area contributed by atoms with Crippen LogP contribution in [0.2, 0.25) is 0 Å². The van der Waals surface area contributed by atoms with Crippen LogP contribution in [0.1, 0.15) is 31.7 Å². The third-order valence-corrected chi connectivity index (χ3v) is 4.71. The van der Waals surface area contributed by atoms with Crippen molar-refractivity contribution in [2.45, 2.75) is 38.8 Å². The van der Waals surface area contributed by atoms with Crippen molar-refractivity contribution in [1.29, 1.82) is 0 Å². The number of likely N-dealkylation sites (tertiary alicyclic amines) is 1. The van der Waals surface area contributed by atoms with Gasteiger partial charge in [0.2, 0.25) is 0 Å². The first-order valence-electron chi connectivity index (χ1n) is 10.3. The largest absolute Gasteiger partial charge is 0.493 e. The second-order valence-corrected chi connectivity index (χ2v) is 6.87. The molecule has 0 aliphatic carbocycles. The summed E-state index contributed by atoms with van der Waals surface area (Å²) in [6.07, 6.45) is 2.37. The van der Waals surface area contributed by atoms with E-state index in [4.69, 9.17) is 14.2 Å². The van der Waals surface area contributed by atoms with E-state index in [2.05, 4.69) is 21.7 Å². The van der Waals surface area contributed by atoms with Gasteiger partial charge in [0, 0.05) is 52.9 Å². The van der Waals surface area contributed by atoms with Gasteiger partial charge in [0.05, 0.1) is 13.2 Å². The number of piperidine rings is 1. The Morgan fingerprint density at radius 2 is 2.03 bits per heavy atom. The van der Waals surface area contributed by atoms with Crippen LogP contribution < -0.4 is 15.4 Å². The fourth-order valence-corrected chi connectivity index (χ4v) is 3.13. The van der Waals surface area contributed by atoms with Crippen LogP contribution in [0.15, 0.2) is 29.3 Å². The molecule has 1 aliphatic heterocycles. The summed E-state index contributed by atoms with van der Waals surface area (Å²) in [4.78, 5) is 17.9. The Morgan fingerprint density at radius 1 is 1.27 bits per heavy atom. The highest BCUT2D eigenvalue weighted by Crippen LogP contribution is 2.14. The molecule has 0 atom stereocenters. The highest BCUT2D eigenvalue weighted by Gasteiger charge is 2.23. The third-order valence-electron chi connectivity index (χ3n) is 4.71. The summed E-state index contributed by atoms with van der Waals surface area (Å²) in [5.41, 5.74) is 1.12. The van der Waals surface area contributed by atoms with E-state index < -0.39 is 0 Å². The number of rotatable bonds is 9. The lowest BCUT2D eigenvalue weighted by molar-refractivity contribution is 0.0963. The maximum Gasteiger partial charge on any atom is 0.409 e. The molecule has 1 fully saturated rings. The van der Waals surface area contributed by atoms with Gasteiger partial charge in [-0.3, -0.25) is 4.99 Å². The van der Waals surface area contributed by atoms with Gasteiger partial charge in [0.25, 0.3) is 0 Å². The van der Waals surface area contributed by atoms with Crippen LogP contribution in [0.4, 0.5) is 4.79 Å². The molecule has 1 aromatic rings. The lowest BCUT2D eigenvalue weighted by Gasteiger charge is -2.32. The van der Waals surface area contributed by atoms with Crippen LogP contribution in [-0.4, -0.2) is 70.1 Å². The number of benzene rings is 1. The predicted molar refractivity (Wildman–Crippen MR) is 129 cm³/mol. The summed E-state index contributed by atoms with van der Waals surface area (Å²) in [6.45, 7) is 5.60. The first kappa shape index (κ1) is 26.3. The summed E-state index contributed by atoms with van der Waals surface area (Å²) in [6, 6.07) is 8.32. The number of halogens is 1. The zero-order valence-electron chi connectivity index (χ0n) is 18.2. The standard InChI is InChI=1S/C21H34N4O4.HI/c1-4-28-21(26)25-11-9-18(10-12-25)24-20(22-2)23-16-17-7-5-8-19(15-17)29-14-6-13-27-3;/h5,7-8,15,18H,4,6,9-14,16H2,1-3H3,(H2,22,23,24);1H. The van der Waals surface area contributed by atoms with Crippen LogP contribution >= 0.6 is 24.0 Å². The molecule has 0 unspecified atom stereocenters. The predicted octanol–water partition coefficient (Wildman–Crippen LogP) is 3.01. The minimum Gasteiger partial charge on any atom is -0.493 e. The topological polar surface area (TPSA) is 84.4 Å². The van der Waals surface area contributed by atoms with E-state index in [0.717, 1.165) is 36.5 Å². The number of nitrogens with one attached hydrogen (secondary N) is 2. The number of hydrogen-bond donors (Lipinski definition) is 2. The van der Waals surface area contributed by atoms with Gasteiger partial charge in [0.15, 0.2) is 5.96 Å². The van der Waals surface area contributed by atoms with Crippen molar-refractivity contribution in [1.82, 2.24) is 15.5 Å². The summed E-state index contributed by atoms with van der Waals surface area (Å²) in [7, 11) is 3.45. The Labute approximate surface area is 196 Å². The van der Waals surface area contributed by atoms with Gasteiger partial charge in [-0.15, -0.1) is 24.0 Å². The van der Waals surface area contributed by atoms with Gasteiger partial charge in [0.1, 0.15) is 5.75 Å². The fourth-order valence-electron chi connectivity index (χ4n) is 3.13. The normalized spacial score (nSPS) is 14.6. The number of hydrogen-bond acceptors (Lipinski definition) is 5. The lowest BCUT2D eigenvalue weighted by Crippen LogP contribution is -2.49. The zero-order valence-corrected chi connectivity index (χ0v) is 20.5. The number of guanidine groups is 1. The van der Waals surface area contributed by atoms with Gasteiger partial charge in [-0.2, -0.15) is 0 Å². The molecule has 1 aromatic carbocycles. The molecule has 8 nitrogen and oxygen atoms in total. The maximum absolute atomic E-state index is 11.8. The van der Waals surface area contributed by atoms with Crippen LogP contribution in [-0.2, 0) is 16.0 Å². The molecular weight excluding hydrogens is 499 g/mol. The molecule has 1 aliphatic rings. The van der Waals surface area contributed by atoms with E-state index >= 15 is 0 Å². The van der Waals surface area contributed by atoms with Gasteiger partial charge >= 0.3 is 6.09 Å². The Bertz CT molecular complexity index is 652. The highest BCUT2D eigenvalue weighted by molar-refractivity contribution is 14.0. The molecule has 0 spiro atoms. The SMILES string of the molecule is CCOC(=O)N1CCC(NC(=NC)NCc2cccc(OCCCOC)c2)CC1.I. The summed E-state index contributed by atoms with van der Waals surface area (Å²) in [5, 5.41) is 6.79. The van der Waals surface area contributed by atoms with E-state index in [9.17, 15) is 4.79 Å². The molecule has 2 N–H and O–H groups in total. The van der Waals surface area contributed by atoms with Gasteiger partial charge < -0.3 is 29.7 Å². The molecular formula is C21H35IN4O4. The minimum absolute atomic E-state index is 0. The van der Waals surface area contributed by atoms with E-state index in [1.165, 1.54) is 0 Å². The van der Waals surface area contributed by atoms with Crippen molar-refractivity contribution in [3.63, 3.8) is 0 Å². The van der Waals surface area contributed by atoms with Crippen LogP contribution in [0.25, 0.3) is 0 Å². The third kappa shape index (κ3) is 9.38. The molecule has 9 heteroatoms. The molecule has 0 aromatic heterocycles. The number of aliphatic imine (C=N–C) groups is 1. The maximum atomic E-state index is 11.8. The molecule has 0 bridgehead atoms. The Morgan fingerprint density at radius 3 is 2.70 bits per heavy atom. The average Bonchev–Trinajstić information content (AvgIpc) is 2.75. The van der Waals surface area contributed by atoms with E-state index in [1.54, 1.807) is 19.1 Å². The summed E-state index contributed by atoms with van der Waals surface area (Å²) < 4.78 is 15.9. The molecule has 0 radical (unpaired) electrons. The number of carbonyl (C=O) groups excluding carboxylic acids is 1. The van der Waals surface area contributed by atoms with Crippen molar-refractivity contribution >= 4 is 36.0 Å². The molecule has 1 amide bonds. The summed E-state index contributed by atoms with van der Waals surface area (Å²) in [5.74, 6) is 1.61. The number of nitrogens with zero attached hydrogens (tertiary/aromatic N) is 2. The molecule has 0 saturated carbocycles. The molecule has 1 saturated heterocycles. The highest BCUT2D eigenvalue weighted by atomic mass is 127. The fraction of sp³-hybridized carbons (Fsp3) is 0.619. The molecule has 2 rings (SSSR count). The Balaban J connectivity index is 0.00000450. The van der Waals surface area contributed by atoms with E-state index in [0.29, 0.717) is 39.5 Å². The van der Waals surface area contributed by atoms with Crippen molar-refractivity contribution in [3.05, 3.63) is 29.8 Å². The Kier molecular flexibility index (Phi) is 13.2. The van der Waals surface area contributed by atoms with Gasteiger partial charge in [-0.1, -0.05) is 12.1 Å². The smallest absolute Gasteiger partial charge is 0.409 e. The first-order chi connectivity index (χ1) is 14.2. The number of amides is 1. The van der Waals surface area contributed by atoms with Gasteiger partial charge in [-0.05, 0) is 37.5 Å². The molecule has 170 valence electrons. The zero-order chi connectivity index (χ0) is 20.9. The number of ether oxygens (including phenoxy) is 3. The van der Waals surface area contributed by atoms with E-state index in [-0.39, 0.29) is 36.1 Å². The minimum atomic E-state index is -0.224. The van der Waals surface area contributed by atoms with Crippen molar-refractivity contribution < 1.29 is 19.0 Å². The number of methoxy groups -OCH3 is 1. The molecule has 30 heavy (non-hydrogen) atoms. The first-order valence-corrected chi connectivity index (χ1v) is 10.3. The number of carbonyl (C=O) groups is 1. The average molecular weight is 534 g/mol. The van der Waals surface area contributed by atoms with Crippen molar-refractivity contribution in [2.24, 2.45) is 4.99 Å². The monoisotopic (exact) mass is 534 g/mol. The second-order valence-electron chi connectivity index (χ2n) is 6.87. The Hall–Kier alpha value is -1.75. The van der Waals surface area contributed by atoms with Gasteiger partial charge in [-0.25, -0.2) is 4.79 Å². The van der Waals surface area contributed by atoms with Crippen LogP contribution in [0, 0.1) is 0 Å².